The van der Waals surface area contributed by atoms with Crippen molar-refractivity contribution in [1.29, 1.82) is 0 Å². The van der Waals surface area contributed by atoms with E-state index in [-0.39, 0.29) is 22.2 Å². The molecule has 0 aliphatic heterocycles. The number of benzene rings is 1. The third-order valence-corrected chi connectivity index (χ3v) is 5.98. The fourth-order valence-electron chi connectivity index (χ4n) is 3.87. The first-order valence-corrected chi connectivity index (χ1v) is 7.81. The molecule has 20 heavy (non-hydrogen) atoms. The molecule has 0 saturated heterocycles. The van der Waals surface area contributed by atoms with Crippen LogP contribution in [0.4, 0.5) is 0 Å². The summed E-state index contributed by atoms with van der Waals surface area (Å²) in [6.07, 6.45) is 4.64. The summed E-state index contributed by atoms with van der Waals surface area (Å²) in [5, 5.41) is 0. The van der Waals surface area contributed by atoms with Crippen molar-refractivity contribution >= 4 is 6.29 Å². The number of fused-ring (bicyclic) bond motifs is 1. The van der Waals surface area contributed by atoms with Gasteiger partial charge in [0.15, 0.2) is 0 Å². The van der Waals surface area contributed by atoms with Crippen molar-refractivity contribution in [2.75, 3.05) is 0 Å². The van der Waals surface area contributed by atoms with E-state index in [2.05, 4.69) is 52.8 Å². The third-order valence-electron chi connectivity index (χ3n) is 5.98. The summed E-state index contributed by atoms with van der Waals surface area (Å²) in [6, 6.07) is 7.00. The first-order valence-electron chi connectivity index (χ1n) is 7.81. The molecule has 0 heterocycles. The Balaban J connectivity index is 2.10. The zero-order valence-electron chi connectivity index (χ0n) is 13.4. The highest BCUT2D eigenvalue weighted by Gasteiger charge is 2.51. The molecule has 1 aromatic carbocycles. The molecule has 1 nitrogen and oxygen atoms in total. The maximum atomic E-state index is 11.1. The molecule has 1 fully saturated rings. The normalized spacial score (nSPS) is 33.4. The summed E-state index contributed by atoms with van der Waals surface area (Å²) >= 11 is 0. The molecule has 108 valence electrons. The van der Waals surface area contributed by atoms with E-state index in [1.807, 2.05) is 0 Å². The van der Waals surface area contributed by atoms with Crippen molar-refractivity contribution in [3.8, 4) is 0 Å². The second-order valence-corrected chi connectivity index (χ2v) is 8.39. The molecule has 1 heteroatoms. The van der Waals surface area contributed by atoms with Crippen LogP contribution in [0.1, 0.15) is 70.6 Å². The summed E-state index contributed by atoms with van der Waals surface area (Å²) < 4.78 is 0. The number of rotatable bonds is 2. The van der Waals surface area contributed by atoms with Crippen molar-refractivity contribution in [3.63, 3.8) is 0 Å². The average molecular weight is 270 g/mol. The minimum absolute atomic E-state index is 0.0917. The topological polar surface area (TPSA) is 17.1 Å². The summed E-state index contributed by atoms with van der Waals surface area (Å²) in [5.41, 5.74) is 4.99. The Kier molecular flexibility index (Phi) is 2.74. The zero-order chi connectivity index (χ0) is 14.8. The van der Waals surface area contributed by atoms with Gasteiger partial charge >= 0.3 is 0 Å². The van der Waals surface area contributed by atoms with Gasteiger partial charge in [-0.25, -0.2) is 0 Å². The Bertz CT molecular complexity index is 567. The van der Waals surface area contributed by atoms with Crippen molar-refractivity contribution in [2.45, 2.75) is 70.1 Å². The fraction of sp³-hybridized carbons (Fsp3) is 0.632. The second-order valence-electron chi connectivity index (χ2n) is 8.39. The Morgan fingerprint density at radius 1 is 1.00 bits per heavy atom. The molecular formula is C19H26O. The molecule has 2 aliphatic carbocycles. The van der Waals surface area contributed by atoms with Crippen LogP contribution >= 0.6 is 0 Å². The van der Waals surface area contributed by atoms with Gasteiger partial charge in [0.2, 0.25) is 0 Å². The average Bonchev–Trinajstić information content (AvgIpc) is 3.08. The van der Waals surface area contributed by atoms with Crippen LogP contribution in [-0.2, 0) is 21.0 Å². The van der Waals surface area contributed by atoms with Gasteiger partial charge in [-0.05, 0) is 46.8 Å². The molecule has 0 aromatic heterocycles. The standard InChI is InChI=1S/C19H26O/c1-17(2)8-9-18(3,4)16-10-13(6-7-15(16)17)19(5)11-14(19)12-20/h6-7,10,12,14H,8-9,11H2,1-5H3/t14-,19+/m0/s1. The maximum Gasteiger partial charge on any atom is 0.123 e. The summed E-state index contributed by atoms with van der Waals surface area (Å²) in [4.78, 5) is 11.1. The lowest BCUT2D eigenvalue weighted by molar-refractivity contribution is -0.109. The molecule has 0 unspecified atom stereocenters. The minimum Gasteiger partial charge on any atom is -0.303 e. The van der Waals surface area contributed by atoms with Gasteiger partial charge in [-0.15, -0.1) is 0 Å². The van der Waals surface area contributed by atoms with Gasteiger partial charge in [0, 0.05) is 11.3 Å². The SMILES string of the molecule is CC1(C)CCC(C)(C)c2cc([C@@]3(C)C[C@H]3C=O)ccc21. The van der Waals surface area contributed by atoms with Gasteiger partial charge in [0.1, 0.15) is 6.29 Å². The molecule has 0 N–H and O–H groups in total. The first-order chi connectivity index (χ1) is 9.21. The molecule has 1 saturated carbocycles. The van der Waals surface area contributed by atoms with Crippen LogP contribution in [0.2, 0.25) is 0 Å². The van der Waals surface area contributed by atoms with Crippen LogP contribution in [0.5, 0.6) is 0 Å². The first kappa shape index (κ1) is 13.9. The lowest BCUT2D eigenvalue weighted by Gasteiger charge is -2.42. The molecule has 0 spiro atoms. The molecule has 0 amide bonds. The van der Waals surface area contributed by atoms with Gasteiger partial charge in [-0.1, -0.05) is 52.8 Å². The van der Waals surface area contributed by atoms with Crippen molar-refractivity contribution in [1.82, 2.24) is 0 Å². The Morgan fingerprint density at radius 2 is 1.60 bits per heavy atom. The highest BCUT2D eigenvalue weighted by molar-refractivity contribution is 5.64. The predicted octanol–water partition coefficient (Wildman–Crippen LogP) is 4.51. The molecule has 3 rings (SSSR count). The molecule has 1 aromatic rings. The monoisotopic (exact) mass is 270 g/mol. The van der Waals surface area contributed by atoms with E-state index < -0.39 is 0 Å². The van der Waals surface area contributed by atoms with Crippen LogP contribution in [0.25, 0.3) is 0 Å². The van der Waals surface area contributed by atoms with E-state index in [9.17, 15) is 4.79 Å². The smallest absolute Gasteiger partial charge is 0.123 e. The third kappa shape index (κ3) is 1.86. The van der Waals surface area contributed by atoms with Gasteiger partial charge in [0.05, 0.1) is 0 Å². The molecule has 0 bridgehead atoms. The quantitative estimate of drug-likeness (QED) is 0.722. The number of carbonyl (C=O) groups excluding carboxylic acids is 1. The van der Waals surface area contributed by atoms with Gasteiger partial charge < -0.3 is 4.79 Å². The van der Waals surface area contributed by atoms with Crippen molar-refractivity contribution in [2.24, 2.45) is 5.92 Å². The van der Waals surface area contributed by atoms with Gasteiger partial charge in [-0.3, -0.25) is 0 Å². The largest absolute Gasteiger partial charge is 0.303 e. The molecule has 2 aliphatic rings. The van der Waals surface area contributed by atoms with Crippen molar-refractivity contribution in [3.05, 3.63) is 34.9 Å². The fourth-order valence-corrected chi connectivity index (χ4v) is 3.87. The van der Waals surface area contributed by atoms with Crippen LogP contribution in [0.15, 0.2) is 18.2 Å². The van der Waals surface area contributed by atoms with E-state index in [1.54, 1.807) is 0 Å². The number of hydrogen-bond acceptors (Lipinski definition) is 1. The van der Waals surface area contributed by atoms with Crippen LogP contribution in [-0.4, -0.2) is 6.29 Å². The van der Waals surface area contributed by atoms with Crippen LogP contribution in [0.3, 0.4) is 0 Å². The van der Waals surface area contributed by atoms with E-state index in [0.29, 0.717) is 0 Å². The summed E-state index contributed by atoms with van der Waals surface area (Å²) in [6.45, 7) is 11.7. The van der Waals surface area contributed by atoms with Crippen LogP contribution < -0.4 is 0 Å². The highest BCUT2D eigenvalue weighted by atomic mass is 16.1. The van der Waals surface area contributed by atoms with Gasteiger partial charge in [0.25, 0.3) is 0 Å². The van der Waals surface area contributed by atoms with Gasteiger partial charge in [-0.2, -0.15) is 0 Å². The summed E-state index contributed by atoms with van der Waals surface area (Å²) in [5.74, 6) is 0.222. The van der Waals surface area contributed by atoms with E-state index >= 15 is 0 Å². The second kappa shape index (κ2) is 3.96. The van der Waals surface area contributed by atoms with Crippen molar-refractivity contribution < 1.29 is 4.79 Å². The lowest BCUT2D eigenvalue weighted by Crippen LogP contribution is -2.34. The van der Waals surface area contributed by atoms with E-state index in [4.69, 9.17) is 0 Å². The Hall–Kier alpha value is -1.11. The minimum atomic E-state index is 0.0917. The number of carbonyl (C=O) groups is 1. The molecular weight excluding hydrogens is 244 g/mol. The Labute approximate surface area is 122 Å². The molecule has 2 atom stereocenters. The van der Waals surface area contributed by atoms with Crippen LogP contribution in [0, 0.1) is 5.92 Å². The van der Waals surface area contributed by atoms with E-state index in [0.717, 1.165) is 12.7 Å². The lowest BCUT2D eigenvalue weighted by atomic mass is 9.62. The Morgan fingerprint density at radius 3 is 2.15 bits per heavy atom. The van der Waals surface area contributed by atoms with E-state index in [1.165, 1.54) is 29.5 Å². The predicted molar refractivity (Wildman–Crippen MR) is 83.3 cm³/mol. The zero-order valence-corrected chi connectivity index (χ0v) is 13.4. The number of hydrogen-bond donors (Lipinski definition) is 0. The maximum absolute atomic E-state index is 11.1. The molecule has 0 radical (unpaired) electrons. The highest BCUT2D eigenvalue weighted by Crippen LogP contribution is 2.54. The number of aldehydes is 1. The summed E-state index contributed by atoms with van der Waals surface area (Å²) in [7, 11) is 0.